The van der Waals surface area contributed by atoms with Gasteiger partial charge in [-0.1, -0.05) is 243 Å². The zero-order chi connectivity index (χ0) is 87.7. The standard InChI is InChI=1S/C95H119N15O12/c1-73(82-45-23-10-24-46-82)108(76(4)111)72-95(122)110(75(3)84-49-27-12-28-50-84)71-93(120)102(56-34-31-53-98)65-89(116)106(60-80-41-19-8-20-42-80)69-92(119)103(57-77-35-13-5-14-36-77)66-86(113)100(54-32-29-51-96)63-88(115)105(59-79-39-17-7-18-40-79)68-91(118)104(58-78-37-15-6-16-38-78)67-87(114)101(55-33-30-52-97)64-90(117)107(61-81-43-21-9-22-44-81)70-94(121)109(62-85(99)112)74(2)83-47-25-11-26-48-83/h5-28,35-50,73-75H,29-34,51-72,96-98H2,1-4H3,(H2,99,112)/t73-,74-,75-/m0/s1. The fourth-order valence-electron chi connectivity index (χ4n) is 14.3. The molecule has 8 rings (SSSR count). The third kappa shape index (κ3) is 30.8. The summed E-state index contributed by atoms with van der Waals surface area (Å²) >= 11 is 0. The molecule has 12 amide bonds. The van der Waals surface area contributed by atoms with Gasteiger partial charge in [0.05, 0.1) is 44.3 Å². The number of hydrogen-bond donors (Lipinski definition) is 4. The summed E-state index contributed by atoms with van der Waals surface area (Å²) in [5.41, 5.74) is 29.3. The molecule has 0 aromatic heterocycles. The summed E-state index contributed by atoms with van der Waals surface area (Å²) in [6.45, 7) is 1.38. The van der Waals surface area contributed by atoms with Gasteiger partial charge in [-0.15, -0.1) is 0 Å². The number of carbonyl (C=O) groups excluding carboxylic acids is 12. The lowest BCUT2D eigenvalue weighted by atomic mass is 10.1. The highest BCUT2D eigenvalue weighted by Crippen LogP contribution is 2.27. The van der Waals surface area contributed by atoms with Crippen LogP contribution >= 0.6 is 0 Å². The zero-order valence-corrected chi connectivity index (χ0v) is 70.8. The molecule has 0 saturated carbocycles. The quantitative estimate of drug-likeness (QED) is 0.0262. The Bertz CT molecular complexity index is 4630. The maximum Gasteiger partial charge on any atom is 0.243 e. The molecule has 122 heavy (non-hydrogen) atoms. The molecule has 0 aliphatic heterocycles. The summed E-state index contributed by atoms with van der Waals surface area (Å²) < 4.78 is 0. The Labute approximate surface area is 717 Å². The van der Waals surface area contributed by atoms with Crippen LogP contribution in [-0.4, -0.2) is 236 Å². The fraction of sp³-hybridized carbons (Fsp3) is 0.368. The van der Waals surface area contributed by atoms with Crippen LogP contribution in [0.5, 0.6) is 0 Å². The Morgan fingerprint density at radius 3 is 0.664 bits per heavy atom. The highest BCUT2D eigenvalue weighted by molar-refractivity contribution is 5.95. The second-order valence-electron chi connectivity index (χ2n) is 30.5. The smallest absolute Gasteiger partial charge is 0.243 e. The number of amides is 12. The molecular weight excluding hydrogens is 1540 g/mol. The summed E-state index contributed by atoms with van der Waals surface area (Å²) in [6, 6.07) is 70.5. The molecule has 0 aliphatic rings. The monoisotopic (exact) mass is 1660 g/mol. The van der Waals surface area contributed by atoms with Gasteiger partial charge in [0.1, 0.15) is 45.8 Å². The highest BCUT2D eigenvalue weighted by atomic mass is 16.2. The number of carbonyl (C=O) groups is 12. The number of hydrogen-bond acceptors (Lipinski definition) is 15. The van der Waals surface area contributed by atoms with E-state index in [-0.39, 0.29) is 84.4 Å². The van der Waals surface area contributed by atoms with Crippen LogP contribution in [0, 0.1) is 0 Å². The first kappa shape index (κ1) is 94.8. The summed E-state index contributed by atoms with van der Waals surface area (Å²) in [7, 11) is 0. The van der Waals surface area contributed by atoms with E-state index in [9.17, 15) is 19.2 Å². The molecule has 8 aromatic rings. The molecule has 27 nitrogen and oxygen atoms in total. The van der Waals surface area contributed by atoms with Crippen molar-refractivity contribution in [3.05, 3.63) is 287 Å². The number of nitrogens with two attached hydrogens (primary N) is 4. The average Bonchev–Trinajstić information content (AvgIpc) is 0.832. The lowest BCUT2D eigenvalue weighted by Gasteiger charge is -2.35. The van der Waals surface area contributed by atoms with Crippen LogP contribution < -0.4 is 22.9 Å². The van der Waals surface area contributed by atoms with Crippen molar-refractivity contribution in [3.63, 3.8) is 0 Å². The van der Waals surface area contributed by atoms with E-state index in [1.54, 1.807) is 153 Å². The summed E-state index contributed by atoms with van der Waals surface area (Å²) in [4.78, 5) is 193. The molecule has 3 atom stereocenters. The minimum atomic E-state index is -0.758. The zero-order valence-electron chi connectivity index (χ0n) is 70.8. The number of primary amides is 1. The minimum absolute atomic E-state index is 0.00737. The molecule has 0 fully saturated rings. The summed E-state index contributed by atoms with van der Waals surface area (Å²) in [6.07, 6.45) is 2.48. The van der Waals surface area contributed by atoms with Gasteiger partial charge in [-0.3, -0.25) is 57.5 Å². The van der Waals surface area contributed by atoms with Gasteiger partial charge in [-0.25, -0.2) is 0 Å². The SMILES string of the molecule is CC(=O)N(CC(=O)N(CC(=O)N(CCCCN)CC(=O)N(CC(=O)N(CC(=O)N(CCCCN)CC(=O)N(CC(=O)N(CC(=O)N(CCCCN)CC(=O)N(CC(=O)N(CC(N)=O)[C@@H](C)c1ccccc1)Cc1ccccc1)Cc1ccccc1)Cc1ccccc1)Cc1ccccc1)Cc1ccccc1)[C@@H](C)c1ccccc1)[C@@H](C)c1ccccc1. The lowest BCUT2D eigenvalue weighted by Crippen LogP contribution is -2.52. The van der Waals surface area contributed by atoms with Gasteiger partial charge >= 0.3 is 0 Å². The largest absolute Gasteiger partial charge is 0.368 e. The first-order valence-corrected chi connectivity index (χ1v) is 41.7. The van der Waals surface area contributed by atoms with Crippen LogP contribution in [0.15, 0.2) is 243 Å². The number of nitrogens with zero attached hydrogens (tertiary/aromatic N) is 11. The molecule has 0 heterocycles. The van der Waals surface area contributed by atoms with Crippen LogP contribution in [-0.2, 0) is 90.3 Å². The van der Waals surface area contributed by atoms with Crippen molar-refractivity contribution in [1.82, 2.24) is 53.9 Å². The molecule has 0 bridgehead atoms. The van der Waals surface area contributed by atoms with Crippen molar-refractivity contribution < 1.29 is 57.5 Å². The molecule has 27 heteroatoms. The van der Waals surface area contributed by atoms with Crippen molar-refractivity contribution in [2.75, 3.05) is 111 Å². The van der Waals surface area contributed by atoms with Crippen LogP contribution in [0.25, 0.3) is 0 Å². The molecular formula is C95H119N15O12. The van der Waals surface area contributed by atoms with Gasteiger partial charge in [0.2, 0.25) is 70.9 Å². The van der Waals surface area contributed by atoms with Crippen LogP contribution in [0.3, 0.4) is 0 Å². The molecule has 0 radical (unpaired) electrons. The molecule has 0 saturated heterocycles. The first-order chi connectivity index (χ1) is 58.9. The van der Waals surface area contributed by atoms with Crippen LogP contribution in [0.1, 0.15) is 129 Å². The molecule has 0 unspecified atom stereocenters. The van der Waals surface area contributed by atoms with E-state index in [0.717, 1.165) is 16.7 Å². The van der Waals surface area contributed by atoms with Crippen molar-refractivity contribution >= 4 is 70.9 Å². The van der Waals surface area contributed by atoms with Crippen LogP contribution in [0.2, 0.25) is 0 Å². The third-order valence-corrected chi connectivity index (χ3v) is 21.4. The minimum Gasteiger partial charge on any atom is -0.368 e. The predicted molar refractivity (Wildman–Crippen MR) is 468 cm³/mol. The van der Waals surface area contributed by atoms with Gasteiger partial charge in [-0.05, 0) is 123 Å². The maximum atomic E-state index is 15.5. The Hall–Kier alpha value is -12.7. The highest BCUT2D eigenvalue weighted by Gasteiger charge is 2.36. The maximum absolute atomic E-state index is 15.5. The number of rotatable bonds is 50. The van der Waals surface area contributed by atoms with E-state index >= 15 is 38.4 Å². The van der Waals surface area contributed by atoms with Crippen molar-refractivity contribution in [2.24, 2.45) is 22.9 Å². The first-order valence-electron chi connectivity index (χ1n) is 41.7. The Morgan fingerprint density at radius 2 is 0.426 bits per heavy atom. The summed E-state index contributed by atoms with van der Waals surface area (Å²) in [5, 5.41) is 0. The Kier molecular flexibility index (Phi) is 39.1. The number of benzene rings is 8. The van der Waals surface area contributed by atoms with E-state index in [2.05, 4.69) is 0 Å². The third-order valence-electron chi connectivity index (χ3n) is 21.4. The van der Waals surface area contributed by atoms with Crippen molar-refractivity contribution in [1.29, 1.82) is 0 Å². The predicted octanol–water partition coefficient (Wildman–Crippen LogP) is 8.11. The van der Waals surface area contributed by atoms with Crippen LogP contribution in [0.4, 0.5) is 0 Å². The number of unbranched alkanes of at least 4 members (excludes halogenated alkanes) is 3. The second kappa shape index (κ2) is 50.4. The van der Waals surface area contributed by atoms with E-state index in [0.29, 0.717) is 66.3 Å². The Balaban J connectivity index is 1.06. The molecule has 0 aliphatic carbocycles. The fourth-order valence-corrected chi connectivity index (χ4v) is 14.3. The Morgan fingerprint density at radius 1 is 0.238 bits per heavy atom. The molecule has 8 N–H and O–H groups in total. The molecule has 0 spiro atoms. The normalized spacial score (nSPS) is 11.7. The van der Waals surface area contributed by atoms with E-state index in [4.69, 9.17) is 22.9 Å². The summed E-state index contributed by atoms with van der Waals surface area (Å²) in [5.74, 6) is -7.24. The molecule has 8 aromatic carbocycles. The van der Waals surface area contributed by atoms with Crippen molar-refractivity contribution in [3.8, 4) is 0 Å². The average molecular weight is 1660 g/mol. The van der Waals surface area contributed by atoms with Gasteiger partial charge < -0.3 is 76.8 Å². The van der Waals surface area contributed by atoms with Gasteiger partial charge in [0, 0.05) is 59.3 Å². The van der Waals surface area contributed by atoms with E-state index in [1.165, 1.54) is 60.8 Å². The lowest BCUT2D eigenvalue weighted by molar-refractivity contribution is -0.150. The molecule has 646 valence electrons. The van der Waals surface area contributed by atoms with Gasteiger partial charge in [0.25, 0.3) is 0 Å². The second-order valence-corrected chi connectivity index (χ2v) is 30.5. The van der Waals surface area contributed by atoms with Gasteiger partial charge in [-0.2, -0.15) is 0 Å². The van der Waals surface area contributed by atoms with E-state index in [1.807, 2.05) is 110 Å². The van der Waals surface area contributed by atoms with Crippen molar-refractivity contribution in [2.45, 2.75) is 117 Å². The van der Waals surface area contributed by atoms with E-state index < -0.39 is 149 Å². The topological polar surface area (TPSA) is 345 Å². The van der Waals surface area contributed by atoms with Gasteiger partial charge in [0.15, 0.2) is 0 Å².